The van der Waals surface area contributed by atoms with Crippen LogP contribution in [0, 0.1) is 22.7 Å². The first kappa shape index (κ1) is 17.7. The summed E-state index contributed by atoms with van der Waals surface area (Å²) in [7, 11) is 0. The van der Waals surface area contributed by atoms with Crippen LogP contribution in [-0.2, 0) is 0 Å². The molecule has 28 heavy (non-hydrogen) atoms. The molecule has 2 atom stereocenters. The van der Waals surface area contributed by atoms with Crippen LogP contribution in [0.5, 0.6) is 11.5 Å². The number of nitrogens with zero attached hydrogens (tertiary/aromatic N) is 1. The number of para-hydroxylation sites is 1. The van der Waals surface area contributed by atoms with Crippen LogP contribution in [0.4, 0.5) is 8.78 Å². The largest absolute Gasteiger partial charge is 0.441 e. The van der Waals surface area contributed by atoms with E-state index in [0.717, 1.165) is 0 Å². The number of nitrogens with one attached hydrogen (secondary N) is 1. The Kier molecular flexibility index (Phi) is 4.28. The first-order chi connectivity index (χ1) is 13.5. The third-order valence-corrected chi connectivity index (χ3v) is 4.54. The van der Waals surface area contributed by atoms with Crippen molar-refractivity contribution in [2.45, 2.75) is 12.5 Å². The fourth-order valence-electron chi connectivity index (χ4n) is 3.35. The molecule has 0 radical (unpaired) electrons. The zero-order chi connectivity index (χ0) is 19.8. The van der Waals surface area contributed by atoms with Crippen LogP contribution < -0.4 is 15.1 Å². The predicted molar refractivity (Wildman–Crippen MR) is 94.9 cm³/mol. The Morgan fingerprint density at radius 3 is 2.54 bits per heavy atom. The molecule has 0 bridgehead atoms. The quantitative estimate of drug-likeness (QED) is 0.690. The summed E-state index contributed by atoms with van der Waals surface area (Å²) in [6, 6.07) is 14.3. The maximum Gasteiger partial charge on any atom is 0.387 e. The smallest absolute Gasteiger partial charge is 0.387 e. The van der Waals surface area contributed by atoms with Gasteiger partial charge in [-0.1, -0.05) is 24.3 Å². The molecule has 6 nitrogen and oxygen atoms in total. The van der Waals surface area contributed by atoms with E-state index in [4.69, 9.17) is 14.6 Å². The topological polar surface area (TPSA) is 96.3 Å². The molecular formula is C20H12F2N2O4. The summed E-state index contributed by atoms with van der Waals surface area (Å²) < 4.78 is 40.0. The van der Waals surface area contributed by atoms with Crippen LogP contribution in [0.2, 0.25) is 0 Å². The zero-order valence-corrected chi connectivity index (χ0v) is 14.2. The molecule has 8 heteroatoms. The molecule has 0 aliphatic carbocycles. The van der Waals surface area contributed by atoms with Crippen LogP contribution in [0.15, 0.2) is 57.7 Å². The summed E-state index contributed by atoms with van der Waals surface area (Å²) in [6.07, 6.45) is 0. The summed E-state index contributed by atoms with van der Waals surface area (Å²) in [4.78, 5) is 12.7. The monoisotopic (exact) mass is 382 g/mol. The van der Waals surface area contributed by atoms with Gasteiger partial charge < -0.3 is 13.9 Å². The Bertz CT molecular complexity index is 1170. The van der Waals surface area contributed by atoms with E-state index in [1.165, 1.54) is 24.3 Å². The highest BCUT2D eigenvalue weighted by Gasteiger charge is 2.40. The molecule has 0 spiro atoms. The van der Waals surface area contributed by atoms with Gasteiger partial charge in [-0.3, -0.25) is 5.41 Å². The standard InChI is InChI=1S/C20H12F2N2O4/c21-20(22)26-11-7-5-10(6-8-11)15-13(9-23)18(24)28-17-12-3-1-2-4-14(12)27-19(25)16(15)17/h1-8,13,15,20,24H. The van der Waals surface area contributed by atoms with E-state index in [9.17, 15) is 18.8 Å². The zero-order valence-electron chi connectivity index (χ0n) is 14.2. The van der Waals surface area contributed by atoms with Crippen LogP contribution in [0.3, 0.4) is 0 Å². The number of alkyl halides is 2. The minimum atomic E-state index is -2.96. The molecule has 1 N–H and O–H groups in total. The van der Waals surface area contributed by atoms with Crippen molar-refractivity contribution in [2.24, 2.45) is 5.92 Å². The van der Waals surface area contributed by atoms with E-state index in [-0.39, 0.29) is 23.0 Å². The van der Waals surface area contributed by atoms with Gasteiger partial charge >= 0.3 is 12.2 Å². The summed E-state index contributed by atoms with van der Waals surface area (Å²) in [5.74, 6) is -2.11. The predicted octanol–water partition coefficient (Wildman–Crippen LogP) is 4.04. The number of fused-ring (bicyclic) bond motifs is 3. The minimum Gasteiger partial charge on any atom is -0.441 e. The van der Waals surface area contributed by atoms with E-state index < -0.39 is 24.1 Å². The van der Waals surface area contributed by atoms with Crippen molar-refractivity contribution in [1.82, 2.24) is 0 Å². The maximum absolute atomic E-state index is 12.7. The second kappa shape index (κ2) is 6.78. The van der Waals surface area contributed by atoms with E-state index in [2.05, 4.69) is 4.74 Å². The van der Waals surface area contributed by atoms with Crippen LogP contribution >= 0.6 is 0 Å². The van der Waals surface area contributed by atoms with Crippen molar-refractivity contribution in [2.75, 3.05) is 0 Å². The molecule has 0 fully saturated rings. The Balaban J connectivity index is 1.92. The van der Waals surface area contributed by atoms with Gasteiger partial charge in [0.05, 0.1) is 17.0 Å². The molecule has 1 aromatic heterocycles. The normalized spacial score (nSPS) is 18.4. The number of hydrogen-bond acceptors (Lipinski definition) is 6. The average Bonchev–Trinajstić information content (AvgIpc) is 2.67. The van der Waals surface area contributed by atoms with Crippen molar-refractivity contribution in [3.63, 3.8) is 0 Å². The van der Waals surface area contributed by atoms with E-state index in [0.29, 0.717) is 16.5 Å². The first-order valence-electron chi connectivity index (χ1n) is 8.26. The van der Waals surface area contributed by atoms with Gasteiger partial charge in [0.25, 0.3) is 0 Å². The lowest BCUT2D eigenvalue weighted by atomic mass is 9.79. The number of hydrogen-bond donors (Lipinski definition) is 1. The third kappa shape index (κ3) is 2.87. The third-order valence-electron chi connectivity index (χ3n) is 4.54. The van der Waals surface area contributed by atoms with Gasteiger partial charge in [0.15, 0.2) is 5.75 Å². The summed E-state index contributed by atoms with van der Waals surface area (Å²) in [6.45, 7) is -2.96. The molecule has 2 unspecified atom stereocenters. The van der Waals surface area contributed by atoms with E-state index in [1.807, 2.05) is 6.07 Å². The van der Waals surface area contributed by atoms with Crippen molar-refractivity contribution in [1.29, 1.82) is 10.7 Å². The van der Waals surface area contributed by atoms with Gasteiger partial charge in [0.2, 0.25) is 5.90 Å². The van der Waals surface area contributed by atoms with Gasteiger partial charge in [-0.15, -0.1) is 0 Å². The van der Waals surface area contributed by atoms with Crippen molar-refractivity contribution >= 4 is 16.9 Å². The molecule has 4 rings (SSSR count). The summed E-state index contributed by atoms with van der Waals surface area (Å²) in [5.41, 5.74) is 0.210. The lowest BCUT2D eigenvalue weighted by molar-refractivity contribution is -0.0498. The Labute approximate surface area is 157 Å². The highest BCUT2D eigenvalue weighted by molar-refractivity contribution is 5.93. The number of benzene rings is 2. The van der Waals surface area contributed by atoms with Gasteiger partial charge in [0, 0.05) is 5.92 Å². The second-order valence-electron chi connectivity index (χ2n) is 6.13. The Morgan fingerprint density at radius 2 is 1.86 bits per heavy atom. The molecular weight excluding hydrogens is 370 g/mol. The molecule has 1 aliphatic rings. The van der Waals surface area contributed by atoms with Crippen molar-refractivity contribution in [3.05, 3.63) is 70.1 Å². The molecule has 1 aliphatic heterocycles. The molecule has 2 aromatic carbocycles. The summed E-state index contributed by atoms with van der Waals surface area (Å²) in [5, 5.41) is 18.2. The molecule has 2 heterocycles. The fraction of sp³-hybridized carbons (Fsp3) is 0.150. The average molecular weight is 382 g/mol. The minimum absolute atomic E-state index is 0.0554. The van der Waals surface area contributed by atoms with Crippen LogP contribution in [0.1, 0.15) is 17.0 Å². The Hall–Kier alpha value is -3.73. The molecule has 0 saturated carbocycles. The summed E-state index contributed by atoms with van der Waals surface area (Å²) >= 11 is 0. The number of rotatable bonds is 3. The molecule has 0 amide bonds. The number of halogens is 2. The SMILES string of the molecule is N#CC1C(=N)Oc2c(c(=O)oc3ccccc23)C1c1ccc(OC(F)F)cc1. The van der Waals surface area contributed by atoms with Gasteiger partial charge in [-0.05, 0) is 29.8 Å². The van der Waals surface area contributed by atoms with Gasteiger partial charge in [-0.25, -0.2) is 4.79 Å². The molecule has 140 valence electrons. The first-order valence-corrected chi connectivity index (χ1v) is 8.26. The number of nitriles is 1. The van der Waals surface area contributed by atoms with Crippen LogP contribution in [0.25, 0.3) is 11.0 Å². The van der Waals surface area contributed by atoms with E-state index in [1.54, 1.807) is 24.3 Å². The number of ether oxygens (including phenoxy) is 2. The molecule has 3 aromatic rings. The lowest BCUT2D eigenvalue weighted by Gasteiger charge is -2.29. The van der Waals surface area contributed by atoms with Gasteiger partial charge in [0.1, 0.15) is 17.3 Å². The van der Waals surface area contributed by atoms with Crippen molar-refractivity contribution in [3.8, 4) is 17.6 Å². The highest BCUT2D eigenvalue weighted by Crippen LogP contribution is 2.43. The van der Waals surface area contributed by atoms with E-state index >= 15 is 0 Å². The lowest BCUT2D eigenvalue weighted by Crippen LogP contribution is -2.34. The molecule has 0 saturated heterocycles. The second-order valence-corrected chi connectivity index (χ2v) is 6.13. The fourth-order valence-corrected chi connectivity index (χ4v) is 3.35. The van der Waals surface area contributed by atoms with Gasteiger partial charge in [-0.2, -0.15) is 14.0 Å². The Morgan fingerprint density at radius 1 is 1.14 bits per heavy atom. The van der Waals surface area contributed by atoms with Crippen molar-refractivity contribution < 1.29 is 22.7 Å². The van der Waals surface area contributed by atoms with Crippen LogP contribution in [-0.4, -0.2) is 12.5 Å². The maximum atomic E-state index is 12.7. The highest BCUT2D eigenvalue weighted by atomic mass is 19.3.